The Morgan fingerprint density at radius 2 is 2.00 bits per heavy atom. The molecule has 0 aromatic carbocycles. The Hall–Kier alpha value is -1.39. The lowest BCUT2D eigenvalue weighted by Gasteiger charge is -2.29. The fourth-order valence-electron chi connectivity index (χ4n) is 1.72. The number of hydrogen-bond donors (Lipinski definition) is 1. The maximum absolute atomic E-state index is 11.8. The highest BCUT2D eigenvalue weighted by Crippen LogP contribution is 2.48. The van der Waals surface area contributed by atoms with E-state index in [1.54, 1.807) is 0 Å². The molecule has 5 nitrogen and oxygen atoms in total. The molecular formula is C9H12N2O3. The monoisotopic (exact) mass is 196 g/mol. The lowest BCUT2D eigenvalue weighted by Crippen LogP contribution is -2.59. The van der Waals surface area contributed by atoms with E-state index in [1.165, 1.54) is 0 Å². The Balaban J connectivity index is 2.23. The zero-order valence-electron chi connectivity index (χ0n) is 8.00. The maximum atomic E-state index is 11.8. The van der Waals surface area contributed by atoms with Crippen molar-refractivity contribution in [3.63, 3.8) is 0 Å². The Morgan fingerprint density at radius 1 is 1.36 bits per heavy atom. The second-order valence-electron chi connectivity index (χ2n) is 3.80. The summed E-state index contributed by atoms with van der Waals surface area (Å²) in [6.45, 7) is 2.27. The van der Waals surface area contributed by atoms with E-state index in [4.69, 9.17) is 0 Å². The number of nitrogens with zero attached hydrogens (tertiary/aromatic N) is 1. The van der Waals surface area contributed by atoms with Crippen molar-refractivity contribution in [3.8, 4) is 0 Å². The largest absolute Gasteiger partial charge is 0.330 e. The van der Waals surface area contributed by atoms with Gasteiger partial charge in [-0.2, -0.15) is 0 Å². The van der Waals surface area contributed by atoms with E-state index >= 15 is 0 Å². The molecule has 1 saturated carbocycles. The van der Waals surface area contributed by atoms with E-state index in [2.05, 4.69) is 5.32 Å². The molecule has 1 aliphatic heterocycles. The summed E-state index contributed by atoms with van der Waals surface area (Å²) >= 11 is 0. The van der Waals surface area contributed by atoms with Gasteiger partial charge in [-0.05, 0) is 19.3 Å². The molecular weight excluding hydrogens is 184 g/mol. The van der Waals surface area contributed by atoms with Crippen LogP contribution in [0.2, 0.25) is 0 Å². The van der Waals surface area contributed by atoms with Crippen molar-refractivity contribution in [3.05, 3.63) is 0 Å². The first-order valence-electron chi connectivity index (χ1n) is 4.79. The molecule has 76 valence electrons. The van der Waals surface area contributed by atoms with Crippen LogP contribution in [0, 0.1) is 5.41 Å². The average molecular weight is 196 g/mol. The predicted octanol–water partition coefficient (Wildman–Crippen LogP) is 0.255. The zero-order chi connectivity index (χ0) is 10.3. The normalized spacial score (nSPS) is 24.1. The van der Waals surface area contributed by atoms with E-state index in [-0.39, 0.29) is 5.91 Å². The Labute approximate surface area is 81.4 Å². The molecule has 0 aromatic heterocycles. The molecule has 0 aromatic rings. The van der Waals surface area contributed by atoms with Crippen molar-refractivity contribution >= 4 is 17.8 Å². The molecule has 5 heteroatoms. The molecule has 1 saturated heterocycles. The first-order chi connectivity index (χ1) is 6.62. The highest BCUT2D eigenvalue weighted by molar-refractivity contribution is 6.20. The van der Waals surface area contributed by atoms with Crippen LogP contribution in [-0.4, -0.2) is 29.3 Å². The van der Waals surface area contributed by atoms with Gasteiger partial charge in [0.25, 0.3) is 0 Å². The number of hydrogen-bond acceptors (Lipinski definition) is 3. The number of rotatable bonds is 2. The summed E-state index contributed by atoms with van der Waals surface area (Å²) in [5.74, 6) is -0.729. The maximum Gasteiger partial charge on any atom is 0.330 e. The number of nitrogens with one attached hydrogen (secondary N) is 1. The van der Waals surface area contributed by atoms with Gasteiger partial charge in [0.1, 0.15) is 5.41 Å². The minimum Gasteiger partial charge on any atom is -0.277 e. The fraction of sp³-hybridized carbons (Fsp3) is 0.667. The summed E-state index contributed by atoms with van der Waals surface area (Å²) in [6.07, 6.45) is 1.86. The Morgan fingerprint density at radius 3 is 2.50 bits per heavy atom. The molecule has 0 bridgehead atoms. The van der Waals surface area contributed by atoms with E-state index in [1.807, 2.05) is 6.92 Å². The number of imide groups is 2. The topological polar surface area (TPSA) is 66.5 Å². The van der Waals surface area contributed by atoms with Crippen molar-refractivity contribution in [2.45, 2.75) is 26.2 Å². The van der Waals surface area contributed by atoms with Gasteiger partial charge in [0.15, 0.2) is 0 Å². The molecule has 2 fully saturated rings. The summed E-state index contributed by atoms with van der Waals surface area (Å²) in [7, 11) is 0. The van der Waals surface area contributed by atoms with Gasteiger partial charge in [0.05, 0.1) is 0 Å². The SMILES string of the molecule is CCCN1C(=O)NC(=O)C2(CC2)C1=O. The van der Waals surface area contributed by atoms with Gasteiger partial charge in [-0.3, -0.25) is 19.8 Å². The zero-order valence-corrected chi connectivity index (χ0v) is 8.00. The molecule has 2 aliphatic rings. The smallest absolute Gasteiger partial charge is 0.277 e. The molecule has 0 unspecified atom stereocenters. The minimum atomic E-state index is -0.886. The van der Waals surface area contributed by atoms with Crippen molar-refractivity contribution in [2.24, 2.45) is 5.41 Å². The highest BCUT2D eigenvalue weighted by Gasteiger charge is 2.61. The van der Waals surface area contributed by atoms with Gasteiger partial charge in [0.2, 0.25) is 11.8 Å². The van der Waals surface area contributed by atoms with Crippen LogP contribution in [-0.2, 0) is 9.59 Å². The number of barbiturate groups is 1. The van der Waals surface area contributed by atoms with Crippen LogP contribution in [0.1, 0.15) is 26.2 Å². The lowest BCUT2D eigenvalue weighted by atomic mass is 10.0. The fourth-order valence-corrected chi connectivity index (χ4v) is 1.72. The summed E-state index contributed by atoms with van der Waals surface area (Å²) in [4.78, 5) is 35.6. The van der Waals surface area contributed by atoms with E-state index < -0.39 is 17.4 Å². The van der Waals surface area contributed by atoms with Gasteiger partial charge in [-0.1, -0.05) is 6.92 Å². The molecule has 1 N–H and O–H groups in total. The first kappa shape index (κ1) is 9.18. The number of amides is 4. The van der Waals surface area contributed by atoms with Crippen molar-refractivity contribution in [1.82, 2.24) is 10.2 Å². The molecule has 0 atom stereocenters. The van der Waals surface area contributed by atoms with Crippen LogP contribution in [0.5, 0.6) is 0 Å². The molecule has 1 spiro atoms. The van der Waals surface area contributed by atoms with E-state index in [0.29, 0.717) is 25.8 Å². The van der Waals surface area contributed by atoms with Gasteiger partial charge in [0, 0.05) is 6.54 Å². The van der Waals surface area contributed by atoms with Crippen molar-refractivity contribution in [2.75, 3.05) is 6.54 Å². The standard InChI is InChI=1S/C9H12N2O3/c1-2-5-11-7(13)9(3-4-9)6(12)10-8(11)14/h2-5H2,1H3,(H,10,12,14). The van der Waals surface area contributed by atoms with Gasteiger partial charge >= 0.3 is 6.03 Å². The van der Waals surface area contributed by atoms with Crippen LogP contribution in [0.15, 0.2) is 0 Å². The Kier molecular flexibility index (Phi) is 1.83. The molecule has 14 heavy (non-hydrogen) atoms. The number of carbonyl (C=O) groups excluding carboxylic acids is 3. The summed E-state index contributed by atoms with van der Waals surface area (Å²) < 4.78 is 0. The molecule has 0 radical (unpaired) electrons. The summed E-state index contributed by atoms with van der Waals surface area (Å²) in [6, 6.07) is -0.570. The van der Waals surface area contributed by atoms with Crippen molar-refractivity contribution < 1.29 is 14.4 Å². The third-order valence-corrected chi connectivity index (χ3v) is 2.75. The van der Waals surface area contributed by atoms with Crippen LogP contribution >= 0.6 is 0 Å². The quantitative estimate of drug-likeness (QED) is 0.644. The molecule has 1 aliphatic carbocycles. The minimum absolute atomic E-state index is 0.312. The Bertz CT molecular complexity index is 320. The molecule has 4 amide bonds. The van der Waals surface area contributed by atoms with Gasteiger partial charge in [-0.15, -0.1) is 0 Å². The first-order valence-corrected chi connectivity index (χ1v) is 4.79. The van der Waals surface area contributed by atoms with E-state index in [9.17, 15) is 14.4 Å². The van der Waals surface area contributed by atoms with E-state index in [0.717, 1.165) is 4.90 Å². The van der Waals surface area contributed by atoms with Crippen LogP contribution < -0.4 is 5.32 Å². The summed E-state index contributed by atoms with van der Waals surface area (Å²) in [5, 5.41) is 2.22. The second-order valence-corrected chi connectivity index (χ2v) is 3.80. The highest BCUT2D eigenvalue weighted by atomic mass is 16.2. The van der Waals surface area contributed by atoms with Gasteiger partial charge in [-0.25, -0.2) is 4.79 Å². The number of carbonyl (C=O) groups is 3. The third kappa shape index (κ3) is 1.05. The summed E-state index contributed by atoms with van der Waals surface area (Å²) in [5.41, 5.74) is -0.886. The molecule has 1 heterocycles. The van der Waals surface area contributed by atoms with Crippen LogP contribution in [0.4, 0.5) is 4.79 Å². The lowest BCUT2D eigenvalue weighted by molar-refractivity contribution is -0.144. The number of urea groups is 1. The molecule has 2 rings (SSSR count). The van der Waals surface area contributed by atoms with Crippen LogP contribution in [0.25, 0.3) is 0 Å². The predicted molar refractivity (Wildman–Crippen MR) is 47.2 cm³/mol. The van der Waals surface area contributed by atoms with Crippen molar-refractivity contribution in [1.29, 1.82) is 0 Å². The van der Waals surface area contributed by atoms with Gasteiger partial charge < -0.3 is 0 Å². The van der Waals surface area contributed by atoms with Crippen LogP contribution in [0.3, 0.4) is 0 Å². The second kappa shape index (κ2) is 2.80. The third-order valence-electron chi connectivity index (χ3n) is 2.75. The average Bonchev–Trinajstić information content (AvgIpc) is 2.91.